The van der Waals surface area contributed by atoms with Crippen molar-refractivity contribution in [1.29, 1.82) is 0 Å². The quantitative estimate of drug-likeness (QED) is 0.620. The van der Waals surface area contributed by atoms with Crippen LogP contribution in [0, 0.1) is 5.41 Å². The summed E-state index contributed by atoms with van der Waals surface area (Å²) in [5.74, 6) is 0. The van der Waals surface area contributed by atoms with Gasteiger partial charge in [0.25, 0.3) is 0 Å². The number of morpholine rings is 1. The molecule has 1 fully saturated rings. The highest BCUT2D eigenvalue weighted by molar-refractivity contribution is 4.82. The van der Waals surface area contributed by atoms with Gasteiger partial charge in [0, 0.05) is 19.1 Å². The van der Waals surface area contributed by atoms with E-state index in [-0.39, 0.29) is 5.41 Å². The summed E-state index contributed by atoms with van der Waals surface area (Å²) in [7, 11) is 0. The zero-order chi connectivity index (χ0) is 10.1. The van der Waals surface area contributed by atoms with Crippen molar-refractivity contribution < 1.29 is 4.74 Å². The van der Waals surface area contributed by atoms with Crippen LogP contribution < -0.4 is 0 Å². The maximum Gasteiger partial charge on any atom is 0.0750 e. The molecular weight excluding hydrogens is 162 g/mol. The standard InChI is InChI=1S/C11H23NO/c1-9(2)12-6-7-13-10(8-12)11(3,4)5/h9-10H,6-8H2,1-5H3/t10-/m1/s1. The van der Waals surface area contributed by atoms with Crippen LogP contribution in [0.3, 0.4) is 0 Å². The van der Waals surface area contributed by atoms with Crippen LogP contribution in [-0.2, 0) is 4.74 Å². The van der Waals surface area contributed by atoms with Gasteiger partial charge in [0.05, 0.1) is 12.7 Å². The molecule has 0 N–H and O–H groups in total. The normalized spacial score (nSPS) is 26.8. The molecule has 0 unspecified atom stereocenters. The molecule has 0 bridgehead atoms. The summed E-state index contributed by atoms with van der Waals surface area (Å²) < 4.78 is 5.78. The maximum atomic E-state index is 5.78. The fraction of sp³-hybridized carbons (Fsp3) is 1.00. The highest BCUT2D eigenvalue weighted by atomic mass is 16.5. The number of nitrogens with zero attached hydrogens (tertiary/aromatic N) is 1. The molecule has 1 atom stereocenters. The van der Waals surface area contributed by atoms with Crippen LogP contribution in [0.25, 0.3) is 0 Å². The second-order valence-corrected chi connectivity index (χ2v) is 5.31. The van der Waals surface area contributed by atoms with Crippen LogP contribution in [0.1, 0.15) is 34.6 Å². The van der Waals surface area contributed by atoms with Gasteiger partial charge >= 0.3 is 0 Å². The van der Waals surface area contributed by atoms with Crippen molar-refractivity contribution in [3.05, 3.63) is 0 Å². The molecule has 1 rings (SSSR count). The maximum absolute atomic E-state index is 5.78. The molecule has 0 spiro atoms. The molecule has 1 aliphatic rings. The van der Waals surface area contributed by atoms with Gasteiger partial charge in [-0.2, -0.15) is 0 Å². The molecule has 0 amide bonds. The van der Waals surface area contributed by atoms with Gasteiger partial charge in [-0.15, -0.1) is 0 Å². The van der Waals surface area contributed by atoms with E-state index in [1.165, 1.54) is 0 Å². The predicted molar refractivity (Wildman–Crippen MR) is 55.9 cm³/mol. The Balaban J connectivity index is 2.52. The molecule has 1 saturated heterocycles. The average molecular weight is 185 g/mol. The van der Waals surface area contributed by atoms with Gasteiger partial charge in [0.15, 0.2) is 0 Å². The van der Waals surface area contributed by atoms with Crippen molar-refractivity contribution in [2.24, 2.45) is 5.41 Å². The van der Waals surface area contributed by atoms with Crippen LogP contribution in [0.2, 0.25) is 0 Å². The van der Waals surface area contributed by atoms with Gasteiger partial charge in [-0.3, -0.25) is 4.90 Å². The number of hydrogen-bond donors (Lipinski definition) is 0. The number of ether oxygens (including phenoxy) is 1. The van der Waals surface area contributed by atoms with E-state index in [2.05, 4.69) is 39.5 Å². The van der Waals surface area contributed by atoms with Crippen LogP contribution >= 0.6 is 0 Å². The first-order valence-corrected chi connectivity index (χ1v) is 5.27. The minimum absolute atomic E-state index is 0.271. The van der Waals surface area contributed by atoms with E-state index in [0.717, 1.165) is 19.7 Å². The van der Waals surface area contributed by atoms with Crippen LogP contribution in [0.4, 0.5) is 0 Å². The Bertz CT molecular complexity index is 160. The summed E-state index contributed by atoms with van der Waals surface area (Å²) in [5.41, 5.74) is 0.271. The van der Waals surface area contributed by atoms with Gasteiger partial charge in [-0.1, -0.05) is 20.8 Å². The molecule has 0 aromatic carbocycles. The molecular formula is C11H23NO. The Morgan fingerprint density at radius 2 is 1.92 bits per heavy atom. The number of rotatable bonds is 1. The topological polar surface area (TPSA) is 12.5 Å². The van der Waals surface area contributed by atoms with E-state index in [4.69, 9.17) is 4.74 Å². The van der Waals surface area contributed by atoms with E-state index in [0.29, 0.717) is 12.1 Å². The molecule has 0 radical (unpaired) electrons. The van der Waals surface area contributed by atoms with Crippen molar-refractivity contribution in [1.82, 2.24) is 4.90 Å². The molecule has 0 aromatic rings. The Morgan fingerprint density at radius 3 is 2.38 bits per heavy atom. The highest BCUT2D eigenvalue weighted by Gasteiger charge is 2.31. The minimum atomic E-state index is 0.271. The molecule has 13 heavy (non-hydrogen) atoms. The van der Waals surface area contributed by atoms with E-state index in [9.17, 15) is 0 Å². The van der Waals surface area contributed by atoms with Crippen molar-refractivity contribution in [3.8, 4) is 0 Å². The van der Waals surface area contributed by atoms with Gasteiger partial charge in [-0.05, 0) is 19.3 Å². The molecule has 0 aliphatic carbocycles. The Kier molecular flexibility index (Phi) is 3.36. The van der Waals surface area contributed by atoms with Crippen LogP contribution in [0.5, 0.6) is 0 Å². The highest BCUT2D eigenvalue weighted by Crippen LogP contribution is 2.25. The summed E-state index contributed by atoms with van der Waals surface area (Å²) >= 11 is 0. The fourth-order valence-electron chi connectivity index (χ4n) is 1.66. The van der Waals surface area contributed by atoms with Gasteiger partial charge in [0.2, 0.25) is 0 Å². The summed E-state index contributed by atoms with van der Waals surface area (Å²) in [6, 6.07) is 0.647. The summed E-state index contributed by atoms with van der Waals surface area (Å²) in [5, 5.41) is 0. The summed E-state index contributed by atoms with van der Waals surface area (Å²) in [6.45, 7) is 14.3. The Morgan fingerprint density at radius 1 is 1.31 bits per heavy atom. The molecule has 1 aliphatic heterocycles. The second kappa shape index (κ2) is 3.97. The molecule has 2 heteroatoms. The van der Waals surface area contributed by atoms with Crippen molar-refractivity contribution >= 4 is 0 Å². The molecule has 0 saturated carbocycles. The van der Waals surface area contributed by atoms with E-state index >= 15 is 0 Å². The fourth-order valence-corrected chi connectivity index (χ4v) is 1.66. The lowest BCUT2D eigenvalue weighted by molar-refractivity contribution is -0.0866. The summed E-state index contributed by atoms with van der Waals surface area (Å²) in [6.07, 6.45) is 0.392. The average Bonchev–Trinajstić information content (AvgIpc) is 2.03. The first-order chi connectivity index (χ1) is 5.91. The minimum Gasteiger partial charge on any atom is -0.375 e. The zero-order valence-electron chi connectivity index (χ0n) is 9.63. The third kappa shape index (κ3) is 2.96. The third-order valence-corrected chi connectivity index (χ3v) is 2.79. The SMILES string of the molecule is CC(C)N1CCO[C@@H](C(C)(C)C)C1. The monoisotopic (exact) mass is 185 g/mol. The molecule has 1 heterocycles. The number of hydrogen-bond acceptors (Lipinski definition) is 2. The lowest BCUT2D eigenvalue weighted by Crippen LogP contribution is -2.50. The van der Waals surface area contributed by atoms with Gasteiger partial charge < -0.3 is 4.74 Å². The third-order valence-electron chi connectivity index (χ3n) is 2.79. The predicted octanol–water partition coefficient (Wildman–Crippen LogP) is 2.14. The lowest BCUT2D eigenvalue weighted by Gasteiger charge is -2.41. The Labute approximate surface area is 82.3 Å². The van der Waals surface area contributed by atoms with Crippen LogP contribution in [0.15, 0.2) is 0 Å². The van der Waals surface area contributed by atoms with Gasteiger partial charge in [0.1, 0.15) is 0 Å². The molecule has 2 nitrogen and oxygen atoms in total. The van der Waals surface area contributed by atoms with Gasteiger partial charge in [-0.25, -0.2) is 0 Å². The van der Waals surface area contributed by atoms with Crippen molar-refractivity contribution in [2.75, 3.05) is 19.7 Å². The lowest BCUT2D eigenvalue weighted by atomic mass is 9.88. The van der Waals surface area contributed by atoms with E-state index < -0.39 is 0 Å². The second-order valence-electron chi connectivity index (χ2n) is 5.31. The molecule has 78 valence electrons. The zero-order valence-corrected chi connectivity index (χ0v) is 9.63. The van der Waals surface area contributed by atoms with Crippen molar-refractivity contribution in [2.45, 2.75) is 46.8 Å². The first-order valence-electron chi connectivity index (χ1n) is 5.27. The Hall–Kier alpha value is -0.0800. The molecule has 0 aromatic heterocycles. The van der Waals surface area contributed by atoms with Crippen LogP contribution in [-0.4, -0.2) is 36.7 Å². The first kappa shape index (κ1) is 11.0. The van der Waals surface area contributed by atoms with E-state index in [1.807, 2.05) is 0 Å². The smallest absolute Gasteiger partial charge is 0.0750 e. The van der Waals surface area contributed by atoms with Crippen molar-refractivity contribution in [3.63, 3.8) is 0 Å². The van der Waals surface area contributed by atoms with E-state index in [1.54, 1.807) is 0 Å². The summed E-state index contributed by atoms with van der Waals surface area (Å²) in [4.78, 5) is 2.50. The largest absolute Gasteiger partial charge is 0.375 e.